The number of piperidine rings is 1. The summed E-state index contributed by atoms with van der Waals surface area (Å²) in [6.07, 6.45) is 6.42. The van der Waals surface area contributed by atoms with Crippen LogP contribution in [0.15, 0.2) is 15.5 Å². The third kappa shape index (κ3) is 3.61. The van der Waals surface area contributed by atoms with Gasteiger partial charge < -0.3 is 10.2 Å². The Morgan fingerprint density at radius 2 is 2.35 bits per heavy atom. The third-order valence-electron chi connectivity index (χ3n) is 3.72. The maximum Gasteiger partial charge on any atom is 0.283 e. The largest absolute Gasteiger partial charge is 0.371 e. The Morgan fingerprint density at radius 3 is 3.00 bits per heavy atom. The molecule has 1 fully saturated rings. The van der Waals surface area contributed by atoms with Crippen molar-refractivity contribution in [2.24, 2.45) is 0 Å². The highest BCUT2D eigenvalue weighted by Crippen LogP contribution is 2.21. The maximum absolute atomic E-state index is 12.2. The highest BCUT2D eigenvalue weighted by atomic mass is 79.9. The smallest absolute Gasteiger partial charge is 0.283 e. The van der Waals surface area contributed by atoms with Gasteiger partial charge in [0, 0.05) is 26.2 Å². The average Bonchev–Trinajstić information content (AvgIpc) is 2.45. The molecule has 1 unspecified atom stereocenters. The molecule has 1 saturated heterocycles. The number of anilines is 1. The van der Waals surface area contributed by atoms with E-state index in [4.69, 9.17) is 0 Å². The van der Waals surface area contributed by atoms with Crippen LogP contribution in [0.2, 0.25) is 0 Å². The highest BCUT2D eigenvalue weighted by molar-refractivity contribution is 9.10. The Bertz CT molecular complexity index is 496. The number of nitrogens with zero attached hydrogens (tertiary/aromatic N) is 3. The molecule has 0 aliphatic carbocycles. The second-order valence-electron chi connectivity index (χ2n) is 5.40. The first kappa shape index (κ1) is 15.5. The van der Waals surface area contributed by atoms with Crippen LogP contribution in [-0.4, -0.2) is 36.0 Å². The molecule has 5 nitrogen and oxygen atoms in total. The van der Waals surface area contributed by atoms with Crippen LogP contribution in [0.25, 0.3) is 0 Å². The minimum Gasteiger partial charge on any atom is -0.371 e. The van der Waals surface area contributed by atoms with Gasteiger partial charge in [-0.2, -0.15) is 5.10 Å². The second-order valence-corrected chi connectivity index (χ2v) is 6.19. The molecule has 1 aliphatic heterocycles. The van der Waals surface area contributed by atoms with Gasteiger partial charge in [0.25, 0.3) is 5.56 Å². The van der Waals surface area contributed by atoms with Gasteiger partial charge in [-0.25, -0.2) is 4.68 Å². The van der Waals surface area contributed by atoms with Gasteiger partial charge in [-0.05, 0) is 41.7 Å². The Morgan fingerprint density at radius 1 is 1.55 bits per heavy atom. The first-order valence-corrected chi connectivity index (χ1v) is 8.13. The van der Waals surface area contributed by atoms with Crippen molar-refractivity contribution >= 4 is 21.6 Å². The quantitative estimate of drug-likeness (QED) is 0.888. The number of aryl methyl sites for hydroxylation is 1. The number of rotatable bonds is 5. The van der Waals surface area contributed by atoms with E-state index in [0.29, 0.717) is 17.1 Å². The van der Waals surface area contributed by atoms with Crippen molar-refractivity contribution in [1.29, 1.82) is 0 Å². The zero-order valence-electron chi connectivity index (χ0n) is 12.2. The molecule has 0 aromatic carbocycles. The van der Waals surface area contributed by atoms with Crippen LogP contribution in [0.4, 0.5) is 5.69 Å². The molecule has 2 rings (SSSR count). The molecule has 0 radical (unpaired) electrons. The Balaban J connectivity index is 2.11. The van der Waals surface area contributed by atoms with Crippen molar-refractivity contribution in [1.82, 2.24) is 15.1 Å². The number of aromatic nitrogens is 2. The second kappa shape index (κ2) is 7.22. The molecular weight excluding hydrogens is 320 g/mol. The lowest BCUT2D eigenvalue weighted by Gasteiger charge is -2.29. The molecule has 1 aliphatic rings. The van der Waals surface area contributed by atoms with Crippen molar-refractivity contribution < 1.29 is 0 Å². The van der Waals surface area contributed by atoms with Crippen molar-refractivity contribution in [3.63, 3.8) is 0 Å². The minimum absolute atomic E-state index is 0.0483. The van der Waals surface area contributed by atoms with E-state index in [1.165, 1.54) is 23.9 Å². The monoisotopic (exact) mass is 342 g/mol. The zero-order valence-corrected chi connectivity index (χ0v) is 13.8. The van der Waals surface area contributed by atoms with Gasteiger partial charge in [0.1, 0.15) is 4.47 Å². The molecule has 1 atom stereocenters. The lowest BCUT2D eigenvalue weighted by atomic mass is 10.0. The van der Waals surface area contributed by atoms with E-state index < -0.39 is 0 Å². The molecular formula is C14H23BrN4O. The van der Waals surface area contributed by atoms with Crippen LogP contribution in [0.1, 0.15) is 32.6 Å². The van der Waals surface area contributed by atoms with E-state index in [1.807, 2.05) is 14.0 Å². The van der Waals surface area contributed by atoms with Crippen LogP contribution in [0, 0.1) is 0 Å². The van der Waals surface area contributed by atoms with Gasteiger partial charge in [-0.1, -0.05) is 13.3 Å². The Labute approximate surface area is 128 Å². The van der Waals surface area contributed by atoms with Gasteiger partial charge >= 0.3 is 0 Å². The minimum atomic E-state index is -0.0483. The van der Waals surface area contributed by atoms with Gasteiger partial charge in [0.2, 0.25) is 0 Å². The molecule has 0 saturated carbocycles. The van der Waals surface area contributed by atoms with Gasteiger partial charge in [0.05, 0.1) is 11.9 Å². The van der Waals surface area contributed by atoms with Crippen LogP contribution in [-0.2, 0) is 6.54 Å². The topological polar surface area (TPSA) is 50.2 Å². The molecule has 1 aromatic rings. The van der Waals surface area contributed by atoms with Crippen molar-refractivity contribution in [2.75, 3.05) is 25.0 Å². The normalized spacial score (nSPS) is 19.1. The summed E-state index contributed by atoms with van der Waals surface area (Å²) in [6.45, 7) is 4.69. The van der Waals surface area contributed by atoms with Crippen LogP contribution >= 0.6 is 15.9 Å². The van der Waals surface area contributed by atoms with E-state index in [9.17, 15) is 4.79 Å². The van der Waals surface area contributed by atoms with Crippen LogP contribution in [0.5, 0.6) is 0 Å². The van der Waals surface area contributed by atoms with Crippen LogP contribution in [0.3, 0.4) is 0 Å². The molecule has 0 bridgehead atoms. The summed E-state index contributed by atoms with van der Waals surface area (Å²) in [5, 5.41) is 7.78. The van der Waals surface area contributed by atoms with E-state index in [-0.39, 0.29) is 5.56 Å². The standard InChI is InChI=1S/C14H23BrN4O/c1-3-8-19-14(20)13(15)12(9-17-19)18(2)10-11-6-4-5-7-16-11/h9,11,16H,3-8,10H2,1-2H3. The van der Waals surface area contributed by atoms with Crippen molar-refractivity contribution in [3.8, 4) is 0 Å². The number of halogens is 1. The average molecular weight is 343 g/mol. The van der Waals surface area contributed by atoms with Gasteiger partial charge in [0.15, 0.2) is 0 Å². The molecule has 1 aromatic heterocycles. The van der Waals surface area contributed by atoms with E-state index in [0.717, 1.165) is 25.2 Å². The molecule has 0 amide bonds. The zero-order chi connectivity index (χ0) is 14.5. The molecule has 20 heavy (non-hydrogen) atoms. The maximum atomic E-state index is 12.2. The fourth-order valence-corrected chi connectivity index (χ4v) is 3.21. The SMILES string of the molecule is CCCn1ncc(N(C)CC2CCCCN2)c(Br)c1=O. The van der Waals surface area contributed by atoms with Crippen LogP contribution < -0.4 is 15.8 Å². The number of nitrogens with one attached hydrogen (secondary N) is 1. The predicted octanol–water partition coefficient (Wildman–Crippen LogP) is 1.99. The summed E-state index contributed by atoms with van der Waals surface area (Å²) in [7, 11) is 2.02. The van der Waals surface area contributed by atoms with Gasteiger partial charge in [-0.15, -0.1) is 0 Å². The van der Waals surface area contributed by atoms with Crippen molar-refractivity contribution in [3.05, 3.63) is 21.0 Å². The molecule has 112 valence electrons. The number of hydrogen-bond donors (Lipinski definition) is 1. The van der Waals surface area contributed by atoms with Gasteiger partial charge in [-0.3, -0.25) is 4.79 Å². The fraction of sp³-hybridized carbons (Fsp3) is 0.714. The fourth-order valence-electron chi connectivity index (χ4n) is 2.60. The Kier molecular flexibility index (Phi) is 5.60. The first-order valence-electron chi connectivity index (χ1n) is 7.33. The predicted molar refractivity (Wildman–Crippen MR) is 85.4 cm³/mol. The summed E-state index contributed by atoms with van der Waals surface area (Å²) in [4.78, 5) is 14.3. The lowest BCUT2D eigenvalue weighted by Crippen LogP contribution is -2.43. The summed E-state index contributed by atoms with van der Waals surface area (Å²) >= 11 is 3.43. The summed E-state index contributed by atoms with van der Waals surface area (Å²) in [6, 6.07) is 0.499. The first-order chi connectivity index (χ1) is 9.63. The third-order valence-corrected chi connectivity index (χ3v) is 4.47. The number of hydrogen-bond acceptors (Lipinski definition) is 4. The number of likely N-dealkylation sites (N-methyl/N-ethyl adjacent to an activating group) is 1. The summed E-state index contributed by atoms with van der Waals surface area (Å²) in [5.41, 5.74) is 0.822. The van der Waals surface area contributed by atoms with Crippen molar-refractivity contribution in [2.45, 2.75) is 45.2 Å². The summed E-state index contributed by atoms with van der Waals surface area (Å²) < 4.78 is 2.12. The highest BCUT2D eigenvalue weighted by Gasteiger charge is 2.18. The van der Waals surface area contributed by atoms with E-state index in [1.54, 1.807) is 6.20 Å². The van der Waals surface area contributed by atoms with E-state index in [2.05, 4.69) is 31.2 Å². The molecule has 0 spiro atoms. The lowest BCUT2D eigenvalue weighted by molar-refractivity contribution is 0.403. The Hall–Kier alpha value is -0.880. The summed E-state index contributed by atoms with van der Waals surface area (Å²) in [5.74, 6) is 0. The van der Waals surface area contributed by atoms with E-state index >= 15 is 0 Å². The molecule has 6 heteroatoms. The molecule has 2 heterocycles. The molecule has 1 N–H and O–H groups in total.